The first kappa shape index (κ1) is 23.9. The minimum absolute atomic E-state index is 0.162. The van der Waals surface area contributed by atoms with Gasteiger partial charge in [-0.25, -0.2) is 0 Å². The van der Waals surface area contributed by atoms with Crippen molar-refractivity contribution in [1.82, 2.24) is 4.90 Å². The summed E-state index contributed by atoms with van der Waals surface area (Å²) in [6.45, 7) is 3.54. The molecule has 0 bridgehead atoms. The molecule has 2 N–H and O–H groups in total. The molecule has 1 fully saturated rings. The molecule has 3 aromatic rings. The van der Waals surface area contributed by atoms with E-state index in [1.807, 2.05) is 36.4 Å². The quantitative estimate of drug-likeness (QED) is 0.405. The fourth-order valence-electron chi connectivity index (χ4n) is 5.00. The maximum atomic E-state index is 13.2. The summed E-state index contributed by atoms with van der Waals surface area (Å²) >= 11 is 0. The molecule has 0 saturated carbocycles. The molecule has 0 unspecified atom stereocenters. The van der Waals surface area contributed by atoms with Crippen LogP contribution >= 0.6 is 0 Å². The molecule has 186 valence electrons. The Balaban J connectivity index is 1.45. The molecule has 2 aliphatic rings. The number of rotatable bonds is 8. The lowest BCUT2D eigenvalue weighted by Gasteiger charge is -2.26. The zero-order valence-corrected chi connectivity index (χ0v) is 21.0. The fourth-order valence-corrected chi connectivity index (χ4v) is 5.00. The van der Waals surface area contributed by atoms with Crippen molar-refractivity contribution in [3.8, 4) is 11.5 Å². The molecule has 6 heteroatoms. The maximum Gasteiger partial charge on any atom is 0.258 e. The molecule has 0 aliphatic carbocycles. The number of ether oxygens (including phenoxy) is 2. The van der Waals surface area contributed by atoms with E-state index < -0.39 is 0 Å². The van der Waals surface area contributed by atoms with E-state index in [1.54, 1.807) is 20.3 Å². The minimum atomic E-state index is -0.162. The van der Waals surface area contributed by atoms with E-state index in [4.69, 9.17) is 9.47 Å². The normalized spacial score (nSPS) is 16.8. The van der Waals surface area contributed by atoms with Crippen LogP contribution in [0.3, 0.4) is 0 Å². The molecular formula is C30H33N3O3. The number of carbonyl (C=O) groups excluding carboxylic acids is 1. The summed E-state index contributed by atoms with van der Waals surface area (Å²) in [6, 6.07) is 22.1. The summed E-state index contributed by atoms with van der Waals surface area (Å²) < 4.78 is 10.9. The SMILES string of the molecule is COc1cc2c(cc1OC)/C(=C(/Nc1ccc(CCN3CCCCC3)cc1)c1ccccc1)C(=O)N2. The molecule has 0 radical (unpaired) electrons. The van der Waals surface area contributed by atoms with Crippen molar-refractivity contribution >= 4 is 28.6 Å². The zero-order valence-electron chi connectivity index (χ0n) is 21.0. The smallest absolute Gasteiger partial charge is 0.258 e. The van der Waals surface area contributed by atoms with Gasteiger partial charge in [0.15, 0.2) is 11.5 Å². The fraction of sp³-hybridized carbons (Fsp3) is 0.300. The highest BCUT2D eigenvalue weighted by Gasteiger charge is 2.30. The van der Waals surface area contributed by atoms with Crippen LogP contribution in [0.2, 0.25) is 0 Å². The van der Waals surface area contributed by atoms with Crippen molar-refractivity contribution in [1.29, 1.82) is 0 Å². The second kappa shape index (κ2) is 10.9. The van der Waals surface area contributed by atoms with Gasteiger partial charge < -0.3 is 25.0 Å². The summed E-state index contributed by atoms with van der Waals surface area (Å²) in [4.78, 5) is 15.8. The Morgan fingerprint density at radius 1 is 0.917 bits per heavy atom. The third kappa shape index (κ3) is 5.09. The van der Waals surface area contributed by atoms with Crippen LogP contribution in [0, 0.1) is 0 Å². The minimum Gasteiger partial charge on any atom is -0.493 e. The van der Waals surface area contributed by atoms with Gasteiger partial charge in [-0.3, -0.25) is 4.79 Å². The number of piperidine rings is 1. The first-order chi connectivity index (χ1) is 17.7. The van der Waals surface area contributed by atoms with Gasteiger partial charge in [0.25, 0.3) is 5.91 Å². The average Bonchev–Trinajstić information content (AvgIpc) is 3.25. The van der Waals surface area contributed by atoms with Crippen LogP contribution in [0.4, 0.5) is 11.4 Å². The van der Waals surface area contributed by atoms with E-state index >= 15 is 0 Å². The Hall–Kier alpha value is -3.77. The lowest BCUT2D eigenvalue weighted by Crippen LogP contribution is -2.31. The van der Waals surface area contributed by atoms with Crippen molar-refractivity contribution in [3.05, 3.63) is 83.4 Å². The first-order valence-corrected chi connectivity index (χ1v) is 12.6. The molecule has 2 aliphatic heterocycles. The lowest BCUT2D eigenvalue weighted by atomic mass is 9.99. The number of benzene rings is 3. The molecule has 6 nitrogen and oxygen atoms in total. The molecule has 3 aromatic carbocycles. The number of fused-ring (bicyclic) bond motifs is 1. The van der Waals surface area contributed by atoms with E-state index in [2.05, 4.69) is 39.8 Å². The summed E-state index contributed by atoms with van der Waals surface area (Å²) in [7, 11) is 3.19. The summed E-state index contributed by atoms with van der Waals surface area (Å²) in [5.74, 6) is 0.993. The predicted molar refractivity (Wildman–Crippen MR) is 145 cm³/mol. The third-order valence-corrected chi connectivity index (χ3v) is 6.97. The number of anilines is 2. The van der Waals surface area contributed by atoms with Crippen LogP contribution in [-0.2, 0) is 11.2 Å². The van der Waals surface area contributed by atoms with Gasteiger partial charge in [-0.15, -0.1) is 0 Å². The Labute approximate surface area is 212 Å². The van der Waals surface area contributed by atoms with Crippen LogP contribution in [0.5, 0.6) is 11.5 Å². The molecule has 36 heavy (non-hydrogen) atoms. The molecule has 1 saturated heterocycles. The second-order valence-electron chi connectivity index (χ2n) is 9.30. The van der Waals surface area contributed by atoms with Gasteiger partial charge in [0.2, 0.25) is 0 Å². The number of hydrogen-bond donors (Lipinski definition) is 2. The number of nitrogens with zero attached hydrogens (tertiary/aromatic N) is 1. The molecule has 5 rings (SSSR count). The number of methoxy groups -OCH3 is 2. The van der Waals surface area contributed by atoms with Crippen molar-refractivity contribution in [2.75, 3.05) is 44.5 Å². The van der Waals surface area contributed by atoms with Crippen LogP contribution in [-0.4, -0.2) is 44.7 Å². The van der Waals surface area contributed by atoms with Crippen molar-refractivity contribution < 1.29 is 14.3 Å². The molecule has 0 spiro atoms. The highest BCUT2D eigenvalue weighted by atomic mass is 16.5. The summed E-state index contributed by atoms with van der Waals surface area (Å²) in [6.07, 6.45) is 5.04. The monoisotopic (exact) mass is 483 g/mol. The third-order valence-electron chi connectivity index (χ3n) is 6.97. The van der Waals surface area contributed by atoms with Crippen LogP contribution in [0.25, 0.3) is 11.3 Å². The van der Waals surface area contributed by atoms with Gasteiger partial charge in [-0.1, -0.05) is 48.9 Å². The van der Waals surface area contributed by atoms with E-state index in [0.717, 1.165) is 35.5 Å². The molecule has 0 aromatic heterocycles. The van der Waals surface area contributed by atoms with E-state index in [1.165, 1.54) is 37.9 Å². The maximum absolute atomic E-state index is 13.2. The summed E-state index contributed by atoms with van der Waals surface area (Å²) in [5, 5.41) is 6.53. The largest absolute Gasteiger partial charge is 0.493 e. The van der Waals surface area contributed by atoms with Gasteiger partial charge in [0.1, 0.15) is 0 Å². The Bertz CT molecular complexity index is 1250. The number of carbonyl (C=O) groups is 1. The number of likely N-dealkylation sites (tertiary alicyclic amines) is 1. The van der Waals surface area contributed by atoms with Crippen molar-refractivity contribution in [3.63, 3.8) is 0 Å². The molecular weight excluding hydrogens is 450 g/mol. The van der Waals surface area contributed by atoms with Crippen LogP contribution in [0.15, 0.2) is 66.7 Å². The van der Waals surface area contributed by atoms with Crippen molar-refractivity contribution in [2.24, 2.45) is 0 Å². The van der Waals surface area contributed by atoms with E-state index in [0.29, 0.717) is 22.8 Å². The Morgan fingerprint density at radius 3 is 2.31 bits per heavy atom. The molecule has 0 atom stereocenters. The first-order valence-electron chi connectivity index (χ1n) is 12.6. The van der Waals surface area contributed by atoms with Crippen LogP contribution in [0.1, 0.15) is 36.0 Å². The number of hydrogen-bond acceptors (Lipinski definition) is 5. The van der Waals surface area contributed by atoms with E-state index in [9.17, 15) is 4.79 Å². The van der Waals surface area contributed by atoms with Gasteiger partial charge in [-0.2, -0.15) is 0 Å². The van der Waals surface area contributed by atoms with Gasteiger partial charge >= 0.3 is 0 Å². The second-order valence-corrected chi connectivity index (χ2v) is 9.30. The van der Waals surface area contributed by atoms with Gasteiger partial charge in [-0.05, 0) is 61.7 Å². The average molecular weight is 484 g/mol. The van der Waals surface area contributed by atoms with Gasteiger partial charge in [0.05, 0.1) is 31.2 Å². The lowest BCUT2D eigenvalue weighted by molar-refractivity contribution is -0.110. The summed E-state index contributed by atoms with van der Waals surface area (Å²) in [5.41, 5.74) is 6.00. The number of nitrogens with one attached hydrogen (secondary N) is 2. The van der Waals surface area contributed by atoms with Gasteiger partial charge in [0, 0.05) is 23.9 Å². The Kier molecular flexibility index (Phi) is 7.23. The topological polar surface area (TPSA) is 62.8 Å². The van der Waals surface area contributed by atoms with E-state index in [-0.39, 0.29) is 5.91 Å². The predicted octanol–water partition coefficient (Wildman–Crippen LogP) is 5.66. The Morgan fingerprint density at radius 2 is 1.61 bits per heavy atom. The zero-order chi connectivity index (χ0) is 24.9. The standard InChI is InChI=1S/C30H33N3O3/c1-35-26-19-24-25(20-27(26)36-2)32-30(34)28(24)29(22-9-5-3-6-10-22)31-23-13-11-21(12-14-23)15-18-33-16-7-4-8-17-33/h3,5-6,9-14,19-20,31H,4,7-8,15-18H2,1-2H3,(H,32,34)/b29-28-. The highest BCUT2D eigenvalue weighted by molar-refractivity contribution is 6.37. The number of amides is 1. The molecule has 2 heterocycles. The van der Waals surface area contributed by atoms with Crippen LogP contribution < -0.4 is 20.1 Å². The highest BCUT2D eigenvalue weighted by Crippen LogP contribution is 2.43. The molecule has 1 amide bonds. The van der Waals surface area contributed by atoms with Crippen molar-refractivity contribution in [2.45, 2.75) is 25.7 Å².